The minimum absolute atomic E-state index is 0.354. The highest BCUT2D eigenvalue weighted by Gasteiger charge is 2.25. The number of nitrogens with one attached hydrogen (secondary N) is 1. The Balaban J connectivity index is 1.68. The average molecular weight is 365 g/mol. The fourth-order valence-electron chi connectivity index (χ4n) is 2.84. The summed E-state index contributed by atoms with van der Waals surface area (Å²) in [5, 5.41) is 3.98. The van der Waals surface area contributed by atoms with Crippen LogP contribution in [-0.4, -0.2) is 25.8 Å². The molecule has 1 saturated heterocycles. The Morgan fingerprint density at radius 2 is 1.62 bits per heavy atom. The molecule has 0 atom stereocenters. The van der Waals surface area contributed by atoms with Crippen LogP contribution in [0.5, 0.6) is 0 Å². The van der Waals surface area contributed by atoms with E-state index in [-0.39, 0.29) is 0 Å². The van der Waals surface area contributed by atoms with Gasteiger partial charge in [0, 0.05) is 30.3 Å². The molecule has 1 fully saturated rings. The van der Waals surface area contributed by atoms with E-state index in [1.54, 1.807) is 28.6 Å². The van der Waals surface area contributed by atoms with Gasteiger partial charge in [0.15, 0.2) is 0 Å². The van der Waals surface area contributed by atoms with Gasteiger partial charge in [-0.1, -0.05) is 36.2 Å². The molecule has 24 heavy (non-hydrogen) atoms. The number of nitrogens with zero attached hydrogens (tertiary/aromatic N) is 1. The molecule has 1 heterocycles. The van der Waals surface area contributed by atoms with E-state index >= 15 is 0 Å². The number of piperidine rings is 1. The molecule has 2 aromatic rings. The Bertz CT molecular complexity index is 785. The molecule has 4 nitrogen and oxygen atoms in total. The predicted molar refractivity (Wildman–Crippen MR) is 97.8 cm³/mol. The number of benzene rings is 2. The van der Waals surface area contributed by atoms with Crippen LogP contribution in [0.25, 0.3) is 0 Å². The Kier molecular flexibility index (Phi) is 5.43. The van der Waals surface area contributed by atoms with Crippen molar-refractivity contribution >= 4 is 27.3 Å². The third-order valence-electron chi connectivity index (χ3n) is 4.25. The van der Waals surface area contributed by atoms with E-state index in [0.29, 0.717) is 29.6 Å². The number of sulfonamides is 1. The number of rotatable bonds is 5. The predicted octanol–water partition coefficient (Wildman–Crippen LogP) is 4.13. The highest BCUT2D eigenvalue weighted by Crippen LogP contribution is 2.22. The van der Waals surface area contributed by atoms with Crippen molar-refractivity contribution in [3.8, 4) is 0 Å². The van der Waals surface area contributed by atoms with Gasteiger partial charge in [0.1, 0.15) is 0 Å². The standard InChI is InChI=1S/C18H21ClN2O2S/c19-18-7-3-2-6-15(18)14-20-16-8-10-17(11-9-16)24(22,23)21-12-4-1-5-13-21/h2-3,6-11,20H,1,4-5,12-14H2. The smallest absolute Gasteiger partial charge is 0.243 e. The molecule has 3 rings (SSSR count). The first-order valence-electron chi connectivity index (χ1n) is 8.15. The lowest BCUT2D eigenvalue weighted by atomic mass is 10.2. The van der Waals surface area contributed by atoms with Crippen LogP contribution < -0.4 is 5.32 Å². The maximum atomic E-state index is 12.6. The SMILES string of the molecule is O=S(=O)(c1ccc(NCc2ccccc2Cl)cc1)N1CCCCC1. The summed E-state index contributed by atoms with van der Waals surface area (Å²) in [5.41, 5.74) is 1.87. The first kappa shape index (κ1) is 17.3. The van der Waals surface area contributed by atoms with Gasteiger partial charge in [-0.15, -0.1) is 0 Å². The third kappa shape index (κ3) is 3.91. The van der Waals surface area contributed by atoms with Crippen LogP contribution in [0.3, 0.4) is 0 Å². The third-order valence-corrected chi connectivity index (χ3v) is 6.53. The second kappa shape index (κ2) is 7.55. The molecule has 0 bridgehead atoms. The van der Waals surface area contributed by atoms with E-state index in [0.717, 1.165) is 30.5 Å². The van der Waals surface area contributed by atoms with Crippen molar-refractivity contribution in [3.63, 3.8) is 0 Å². The summed E-state index contributed by atoms with van der Waals surface area (Å²) in [6.07, 6.45) is 2.99. The Hall–Kier alpha value is -1.56. The molecule has 2 aromatic carbocycles. The van der Waals surface area contributed by atoms with Gasteiger partial charge in [-0.25, -0.2) is 8.42 Å². The van der Waals surface area contributed by atoms with E-state index in [1.165, 1.54) is 0 Å². The van der Waals surface area contributed by atoms with Gasteiger partial charge in [-0.2, -0.15) is 4.31 Å². The average Bonchev–Trinajstić information content (AvgIpc) is 2.62. The lowest BCUT2D eigenvalue weighted by molar-refractivity contribution is 0.346. The number of hydrogen-bond acceptors (Lipinski definition) is 3. The minimum atomic E-state index is -3.37. The largest absolute Gasteiger partial charge is 0.381 e. The maximum absolute atomic E-state index is 12.6. The Morgan fingerprint density at radius 1 is 0.958 bits per heavy atom. The van der Waals surface area contributed by atoms with Crippen LogP contribution in [0.4, 0.5) is 5.69 Å². The summed E-state index contributed by atoms with van der Waals surface area (Å²) in [5.74, 6) is 0. The Morgan fingerprint density at radius 3 is 2.29 bits per heavy atom. The van der Waals surface area contributed by atoms with E-state index in [4.69, 9.17) is 11.6 Å². The van der Waals surface area contributed by atoms with E-state index < -0.39 is 10.0 Å². The molecule has 0 unspecified atom stereocenters. The van der Waals surface area contributed by atoms with Crippen LogP contribution in [0.15, 0.2) is 53.4 Å². The van der Waals surface area contributed by atoms with E-state index in [2.05, 4.69) is 5.32 Å². The van der Waals surface area contributed by atoms with Gasteiger partial charge in [-0.3, -0.25) is 0 Å². The number of hydrogen-bond donors (Lipinski definition) is 1. The molecule has 1 aliphatic heterocycles. The van der Waals surface area contributed by atoms with Crippen molar-refractivity contribution in [3.05, 3.63) is 59.1 Å². The molecular weight excluding hydrogens is 344 g/mol. The number of halogens is 1. The maximum Gasteiger partial charge on any atom is 0.243 e. The molecule has 128 valence electrons. The first-order chi connectivity index (χ1) is 11.6. The lowest BCUT2D eigenvalue weighted by Crippen LogP contribution is -2.35. The van der Waals surface area contributed by atoms with Crippen molar-refractivity contribution in [2.45, 2.75) is 30.7 Å². The zero-order valence-corrected chi connectivity index (χ0v) is 15.0. The molecule has 1 aliphatic rings. The highest BCUT2D eigenvalue weighted by atomic mass is 35.5. The second-order valence-corrected chi connectivity index (χ2v) is 8.28. The molecule has 0 spiro atoms. The topological polar surface area (TPSA) is 49.4 Å². The Labute approximate surface area is 148 Å². The molecule has 1 N–H and O–H groups in total. The summed E-state index contributed by atoms with van der Waals surface area (Å²) < 4.78 is 26.8. The zero-order valence-electron chi connectivity index (χ0n) is 13.4. The monoisotopic (exact) mass is 364 g/mol. The molecule has 0 aliphatic carbocycles. The summed E-state index contributed by atoms with van der Waals surface area (Å²) in [7, 11) is -3.37. The zero-order chi connectivity index (χ0) is 17.0. The first-order valence-corrected chi connectivity index (χ1v) is 9.97. The molecule has 0 saturated carbocycles. The van der Waals surface area contributed by atoms with Crippen LogP contribution in [-0.2, 0) is 16.6 Å². The van der Waals surface area contributed by atoms with Gasteiger partial charge in [-0.05, 0) is 48.7 Å². The van der Waals surface area contributed by atoms with Crippen molar-refractivity contribution < 1.29 is 8.42 Å². The van der Waals surface area contributed by atoms with Crippen molar-refractivity contribution in [2.24, 2.45) is 0 Å². The minimum Gasteiger partial charge on any atom is -0.381 e. The van der Waals surface area contributed by atoms with Crippen LogP contribution in [0, 0.1) is 0 Å². The van der Waals surface area contributed by atoms with Gasteiger partial charge in [0.25, 0.3) is 0 Å². The van der Waals surface area contributed by atoms with Crippen molar-refractivity contribution in [1.29, 1.82) is 0 Å². The van der Waals surface area contributed by atoms with Crippen LogP contribution >= 0.6 is 11.6 Å². The molecule has 0 aromatic heterocycles. The summed E-state index contributed by atoms with van der Waals surface area (Å²) in [6.45, 7) is 1.83. The summed E-state index contributed by atoms with van der Waals surface area (Å²) in [6, 6.07) is 14.6. The summed E-state index contributed by atoms with van der Waals surface area (Å²) in [4.78, 5) is 0.354. The van der Waals surface area contributed by atoms with Crippen LogP contribution in [0.1, 0.15) is 24.8 Å². The van der Waals surface area contributed by atoms with Gasteiger partial charge in [0.2, 0.25) is 10.0 Å². The van der Waals surface area contributed by atoms with Gasteiger partial charge in [0.05, 0.1) is 4.90 Å². The molecule has 6 heteroatoms. The lowest BCUT2D eigenvalue weighted by Gasteiger charge is -2.25. The normalized spacial score (nSPS) is 16.0. The molecule has 0 radical (unpaired) electrons. The van der Waals surface area contributed by atoms with E-state index in [9.17, 15) is 8.42 Å². The molecular formula is C18H21ClN2O2S. The van der Waals surface area contributed by atoms with Gasteiger partial charge >= 0.3 is 0 Å². The molecule has 0 amide bonds. The van der Waals surface area contributed by atoms with Gasteiger partial charge < -0.3 is 5.32 Å². The van der Waals surface area contributed by atoms with Crippen molar-refractivity contribution in [1.82, 2.24) is 4.31 Å². The fraction of sp³-hybridized carbons (Fsp3) is 0.333. The highest BCUT2D eigenvalue weighted by molar-refractivity contribution is 7.89. The second-order valence-electron chi connectivity index (χ2n) is 5.93. The van der Waals surface area contributed by atoms with Crippen LogP contribution in [0.2, 0.25) is 5.02 Å². The summed E-state index contributed by atoms with van der Waals surface area (Å²) >= 11 is 6.14. The number of anilines is 1. The van der Waals surface area contributed by atoms with Crippen molar-refractivity contribution in [2.75, 3.05) is 18.4 Å². The fourth-order valence-corrected chi connectivity index (χ4v) is 4.56. The van der Waals surface area contributed by atoms with E-state index in [1.807, 2.05) is 24.3 Å². The quantitative estimate of drug-likeness (QED) is 0.867.